The highest BCUT2D eigenvalue weighted by Gasteiger charge is 2.65. The highest BCUT2D eigenvalue weighted by Crippen LogP contribution is 2.64. The first-order chi connectivity index (χ1) is 21.3. The molecule has 14 heteroatoms. The molecule has 5 N–H and O–H groups in total. The number of carboxylic acids is 1. The summed E-state index contributed by atoms with van der Waals surface area (Å²) in [6.45, 7) is 3.84. The number of amides is 2. The zero-order valence-electron chi connectivity index (χ0n) is 24.9. The van der Waals surface area contributed by atoms with Gasteiger partial charge in [0, 0.05) is 24.7 Å². The van der Waals surface area contributed by atoms with Gasteiger partial charge >= 0.3 is 5.97 Å². The van der Waals surface area contributed by atoms with Gasteiger partial charge in [0.2, 0.25) is 21.9 Å². The fourth-order valence-corrected chi connectivity index (χ4v) is 9.12. The number of hydrogen-bond donors (Lipinski definition) is 5. The number of sulfonamides is 1. The number of benzene rings is 2. The van der Waals surface area contributed by atoms with Crippen LogP contribution >= 0.6 is 0 Å². The Morgan fingerprint density at radius 1 is 1.18 bits per heavy atom. The molecule has 2 heterocycles. The first kappa shape index (κ1) is 30.7. The molecule has 2 aromatic carbocycles. The second kappa shape index (κ2) is 11.2. The van der Waals surface area contributed by atoms with Gasteiger partial charge < -0.3 is 20.1 Å². The van der Waals surface area contributed by atoms with E-state index in [1.807, 2.05) is 38.1 Å². The number of hydrogen-bond acceptors (Lipinski definition) is 8. The Kier molecular flexibility index (Phi) is 7.68. The van der Waals surface area contributed by atoms with Gasteiger partial charge in [-0.25, -0.2) is 18.1 Å². The summed E-state index contributed by atoms with van der Waals surface area (Å²) in [7, 11) is -4.14. The largest absolute Gasteiger partial charge is 0.480 e. The molecule has 3 aliphatic rings. The maximum atomic E-state index is 13.2. The van der Waals surface area contributed by atoms with Gasteiger partial charge in [-0.1, -0.05) is 32.0 Å². The average Bonchev–Trinajstić information content (AvgIpc) is 3.54. The lowest BCUT2D eigenvalue weighted by Gasteiger charge is -2.36. The van der Waals surface area contributed by atoms with Crippen LogP contribution in [0.1, 0.15) is 51.5 Å². The molecule has 3 aromatic rings. The Balaban J connectivity index is 1.07. The highest BCUT2D eigenvalue weighted by molar-refractivity contribution is 7.89. The Labute approximate surface area is 259 Å². The summed E-state index contributed by atoms with van der Waals surface area (Å²) >= 11 is 0. The standard InChI is InChI=1S/C31H35N5O8S/c1-30(2)18-11-12-31(30,25(37)15-18)16-45(42,43)36-22(28(40)41)14-17-7-8-23-21(13-17)32-27(39)24(44-23)9-10-26(38)35-29-33-19-5-3-4-6-20(19)34-29/h3-8,13,18,22,24,36H,9-12,14-16H2,1-2H3,(H,32,39)(H,40,41)(H2,33,34,35,38)/t18?,22-,24+,31+/m0/s1. The maximum absolute atomic E-state index is 13.2. The SMILES string of the molecule is CC1(C)C2CC[C@@]1(CS(=O)(=O)N[C@@H](Cc1ccc3c(c1)NC(=O)[C@@H](CCC(=O)Nc1nc4ccccc4[nH]1)O3)C(=O)O)C(=O)C2. The fourth-order valence-electron chi connectivity index (χ4n) is 7.09. The number of carbonyl (C=O) groups excluding carboxylic acids is 3. The third kappa shape index (κ3) is 5.79. The number of H-pyrrole nitrogens is 1. The number of aliphatic carboxylic acids is 1. The fraction of sp³-hybridized carbons (Fsp3) is 0.452. The monoisotopic (exact) mass is 637 g/mol. The number of imidazole rings is 1. The normalized spacial score (nSPS) is 24.1. The number of nitrogens with zero attached hydrogens (tertiary/aromatic N) is 1. The Morgan fingerprint density at radius 2 is 1.96 bits per heavy atom. The Morgan fingerprint density at radius 3 is 2.64 bits per heavy atom. The van der Waals surface area contributed by atoms with Gasteiger partial charge in [0.1, 0.15) is 17.6 Å². The molecule has 13 nitrogen and oxygen atoms in total. The minimum atomic E-state index is -4.14. The summed E-state index contributed by atoms with van der Waals surface area (Å²) in [4.78, 5) is 57.6. The van der Waals surface area contributed by atoms with Crippen LogP contribution in [0.4, 0.5) is 11.6 Å². The molecule has 2 saturated carbocycles. The summed E-state index contributed by atoms with van der Waals surface area (Å²) in [6.07, 6.45) is 0.563. The molecule has 2 aliphatic carbocycles. The summed E-state index contributed by atoms with van der Waals surface area (Å²) in [6, 6.07) is 10.5. The van der Waals surface area contributed by atoms with Gasteiger partial charge in [0.15, 0.2) is 6.10 Å². The van der Waals surface area contributed by atoms with Crippen molar-refractivity contribution < 1.29 is 37.4 Å². The number of fused-ring (bicyclic) bond motifs is 4. The molecule has 0 saturated heterocycles. The zero-order valence-corrected chi connectivity index (χ0v) is 25.7. The Hall–Kier alpha value is -4.30. The summed E-state index contributed by atoms with van der Waals surface area (Å²) in [5.74, 6) is -1.93. The van der Waals surface area contributed by atoms with Crippen molar-refractivity contribution in [2.24, 2.45) is 16.7 Å². The van der Waals surface area contributed by atoms with Gasteiger partial charge in [-0.3, -0.25) is 24.5 Å². The third-order valence-electron chi connectivity index (χ3n) is 9.78. The lowest BCUT2D eigenvalue weighted by atomic mass is 9.70. The van der Waals surface area contributed by atoms with E-state index in [4.69, 9.17) is 4.74 Å². The van der Waals surface area contributed by atoms with Crippen molar-refractivity contribution in [2.75, 3.05) is 16.4 Å². The molecule has 238 valence electrons. The van der Waals surface area contributed by atoms with Gasteiger partial charge in [0.05, 0.1) is 22.5 Å². The van der Waals surface area contributed by atoms with Crippen molar-refractivity contribution in [3.05, 3.63) is 48.0 Å². The van der Waals surface area contributed by atoms with Gasteiger partial charge in [-0.15, -0.1) is 0 Å². The molecule has 0 spiro atoms. The number of carbonyl (C=O) groups is 4. The van der Waals surface area contributed by atoms with E-state index in [0.717, 1.165) is 11.9 Å². The maximum Gasteiger partial charge on any atom is 0.322 e. The van der Waals surface area contributed by atoms with E-state index in [0.29, 0.717) is 41.3 Å². The van der Waals surface area contributed by atoms with Crippen molar-refractivity contribution in [2.45, 2.75) is 64.5 Å². The molecule has 2 bridgehead atoms. The topological polar surface area (TPSA) is 197 Å². The van der Waals surface area contributed by atoms with Crippen molar-refractivity contribution >= 4 is 56.3 Å². The number of ether oxygens (including phenoxy) is 1. The van der Waals surface area contributed by atoms with Crippen LogP contribution in [0.2, 0.25) is 0 Å². The first-order valence-corrected chi connectivity index (χ1v) is 16.5. The molecule has 2 fully saturated rings. The van der Waals surface area contributed by atoms with Crippen LogP contribution in [-0.2, 0) is 35.6 Å². The molecule has 2 amide bonds. The number of rotatable bonds is 11. The van der Waals surface area contributed by atoms with Gasteiger partial charge in [-0.2, -0.15) is 0 Å². The number of ketones is 1. The van der Waals surface area contributed by atoms with E-state index in [1.165, 1.54) is 6.07 Å². The van der Waals surface area contributed by atoms with Crippen molar-refractivity contribution in [1.82, 2.24) is 14.7 Å². The molecule has 0 radical (unpaired) electrons. The molecule has 1 unspecified atom stereocenters. The van der Waals surface area contributed by atoms with E-state index in [9.17, 15) is 32.7 Å². The summed E-state index contributed by atoms with van der Waals surface area (Å²) in [5.41, 5.74) is 0.744. The van der Waals surface area contributed by atoms with E-state index >= 15 is 0 Å². The number of Topliss-reactive ketones (excluding diaryl/α,β-unsaturated/α-hetero) is 1. The summed E-state index contributed by atoms with van der Waals surface area (Å²) in [5, 5.41) is 15.3. The number of anilines is 2. The van der Waals surface area contributed by atoms with Crippen LogP contribution in [0.5, 0.6) is 5.75 Å². The van der Waals surface area contributed by atoms with Crippen molar-refractivity contribution in [1.29, 1.82) is 0 Å². The quantitative estimate of drug-likeness (QED) is 0.210. The molecule has 45 heavy (non-hydrogen) atoms. The predicted octanol–water partition coefficient (Wildman–Crippen LogP) is 2.99. The number of aromatic nitrogens is 2. The Bertz CT molecular complexity index is 1790. The predicted molar refractivity (Wildman–Crippen MR) is 164 cm³/mol. The average molecular weight is 638 g/mol. The lowest BCUT2D eigenvalue weighted by Crippen LogP contribution is -2.49. The number of carboxylic acid groups (broad SMARTS) is 1. The lowest BCUT2D eigenvalue weighted by molar-refractivity contribution is -0.139. The van der Waals surface area contributed by atoms with Crippen LogP contribution < -0.4 is 20.1 Å². The zero-order chi connectivity index (χ0) is 32.1. The van der Waals surface area contributed by atoms with Crippen molar-refractivity contribution in [3.63, 3.8) is 0 Å². The minimum Gasteiger partial charge on any atom is -0.480 e. The van der Waals surface area contributed by atoms with Crippen LogP contribution in [0, 0.1) is 16.7 Å². The van der Waals surface area contributed by atoms with Crippen molar-refractivity contribution in [3.8, 4) is 5.75 Å². The van der Waals surface area contributed by atoms with E-state index < -0.39 is 50.6 Å². The smallest absolute Gasteiger partial charge is 0.322 e. The second-order valence-corrected chi connectivity index (χ2v) is 14.5. The molecular formula is C31H35N5O8S. The molecule has 1 aliphatic heterocycles. The first-order valence-electron chi connectivity index (χ1n) is 14.9. The second-order valence-electron chi connectivity index (χ2n) is 12.8. The van der Waals surface area contributed by atoms with E-state index in [-0.39, 0.29) is 36.9 Å². The van der Waals surface area contributed by atoms with Gasteiger partial charge in [0.25, 0.3) is 5.91 Å². The molecule has 4 atom stereocenters. The van der Waals surface area contributed by atoms with E-state index in [2.05, 4.69) is 25.3 Å². The van der Waals surface area contributed by atoms with Crippen LogP contribution in [0.25, 0.3) is 11.0 Å². The molecule has 1 aromatic heterocycles. The minimum absolute atomic E-state index is 0.00624. The van der Waals surface area contributed by atoms with Crippen LogP contribution in [0.15, 0.2) is 42.5 Å². The number of aromatic amines is 1. The molecular weight excluding hydrogens is 602 g/mol. The van der Waals surface area contributed by atoms with Crippen LogP contribution in [-0.4, -0.2) is 65.0 Å². The number of nitrogens with one attached hydrogen (secondary N) is 4. The van der Waals surface area contributed by atoms with Crippen LogP contribution in [0.3, 0.4) is 0 Å². The third-order valence-corrected chi connectivity index (χ3v) is 11.3. The highest BCUT2D eigenvalue weighted by atomic mass is 32.2. The summed E-state index contributed by atoms with van der Waals surface area (Å²) < 4.78 is 34.6. The number of para-hydroxylation sites is 2. The van der Waals surface area contributed by atoms with Gasteiger partial charge in [-0.05, 0) is 60.4 Å². The molecule has 6 rings (SSSR count). The van der Waals surface area contributed by atoms with E-state index in [1.54, 1.807) is 12.1 Å².